The number of morpholine rings is 1. The fourth-order valence-electron chi connectivity index (χ4n) is 3.95. The van der Waals surface area contributed by atoms with Crippen molar-refractivity contribution in [3.05, 3.63) is 35.0 Å². The van der Waals surface area contributed by atoms with Crippen LogP contribution in [0.25, 0.3) is 0 Å². The Morgan fingerprint density at radius 1 is 1.28 bits per heavy atom. The zero-order valence-corrected chi connectivity index (χ0v) is 18.0. The molecule has 8 nitrogen and oxygen atoms in total. The SMILES string of the molecule is COC(=O)C1=C(Nc2cc(C(F)(F)F)ccc2N2CC(C)OC(C)C2)C(=O)N(CCO)C1. The second-order valence-corrected chi connectivity index (χ2v) is 7.81. The number of β-amino-alcohol motifs (C(OH)–C–C–N with tert-alkyl or cyclic N) is 1. The van der Waals surface area contributed by atoms with E-state index in [1.807, 2.05) is 18.7 Å². The summed E-state index contributed by atoms with van der Waals surface area (Å²) in [4.78, 5) is 28.2. The van der Waals surface area contributed by atoms with E-state index < -0.39 is 23.6 Å². The summed E-state index contributed by atoms with van der Waals surface area (Å²) in [6.07, 6.45) is -4.89. The zero-order valence-electron chi connectivity index (χ0n) is 18.0. The molecule has 2 unspecified atom stereocenters. The molecule has 0 bridgehead atoms. The first-order valence-electron chi connectivity index (χ1n) is 10.2. The van der Waals surface area contributed by atoms with Gasteiger partial charge in [-0.2, -0.15) is 13.2 Å². The van der Waals surface area contributed by atoms with E-state index in [2.05, 4.69) is 5.32 Å². The number of amides is 1. The molecule has 1 aromatic carbocycles. The number of halogens is 3. The van der Waals surface area contributed by atoms with Crippen molar-refractivity contribution in [3.63, 3.8) is 0 Å². The van der Waals surface area contributed by atoms with Crippen molar-refractivity contribution in [3.8, 4) is 0 Å². The van der Waals surface area contributed by atoms with Crippen LogP contribution in [0.1, 0.15) is 19.4 Å². The number of aliphatic hydroxyl groups is 1. The van der Waals surface area contributed by atoms with Gasteiger partial charge in [-0.05, 0) is 32.0 Å². The highest BCUT2D eigenvalue weighted by Gasteiger charge is 2.37. The molecular weight excluding hydrogens is 431 g/mol. The number of nitrogens with zero attached hydrogens (tertiary/aromatic N) is 2. The summed E-state index contributed by atoms with van der Waals surface area (Å²) in [5, 5.41) is 12.0. The molecule has 2 N–H and O–H groups in total. The Hall–Kier alpha value is -2.79. The predicted octanol–water partition coefficient (Wildman–Crippen LogP) is 1.99. The van der Waals surface area contributed by atoms with Crippen LogP contribution in [0.5, 0.6) is 0 Å². The number of methoxy groups -OCH3 is 1. The average molecular weight is 457 g/mol. The van der Waals surface area contributed by atoms with Crippen LogP contribution >= 0.6 is 0 Å². The minimum absolute atomic E-state index is 0.0157. The van der Waals surface area contributed by atoms with E-state index in [0.29, 0.717) is 18.8 Å². The number of hydrogen-bond acceptors (Lipinski definition) is 7. The minimum Gasteiger partial charge on any atom is -0.466 e. The van der Waals surface area contributed by atoms with Gasteiger partial charge in [0.2, 0.25) is 0 Å². The quantitative estimate of drug-likeness (QED) is 0.632. The van der Waals surface area contributed by atoms with E-state index in [0.717, 1.165) is 19.2 Å². The van der Waals surface area contributed by atoms with E-state index >= 15 is 0 Å². The van der Waals surface area contributed by atoms with Crippen LogP contribution in [0.4, 0.5) is 24.5 Å². The monoisotopic (exact) mass is 457 g/mol. The maximum absolute atomic E-state index is 13.4. The third-order valence-corrected chi connectivity index (χ3v) is 5.30. The molecule has 1 fully saturated rings. The summed E-state index contributed by atoms with van der Waals surface area (Å²) in [5.74, 6) is -1.38. The van der Waals surface area contributed by atoms with Crippen LogP contribution in [0.15, 0.2) is 29.5 Å². The maximum atomic E-state index is 13.4. The Bertz CT molecular complexity index is 908. The molecule has 2 atom stereocenters. The van der Waals surface area contributed by atoms with Gasteiger partial charge in [-0.3, -0.25) is 4.79 Å². The number of benzene rings is 1. The maximum Gasteiger partial charge on any atom is 0.416 e. The average Bonchev–Trinajstić information content (AvgIpc) is 3.02. The summed E-state index contributed by atoms with van der Waals surface area (Å²) >= 11 is 0. The van der Waals surface area contributed by atoms with Crippen LogP contribution in [0.3, 0.4) is 0 Å². The molecule has 1 aromatic rings. The summed E-state index contributed by atoms with van der Waals surface area (Å²) in [7, 11) is 1.15. The number of alkyl halides is 3. The molecule has 2 aliphatic rings. The molecule has 2 aliphatic heterocycles. The number of carbonyl (C=O) groups is 2. The van der Waals surface area contributed by atoms with Crippen LogP contribution in [-0.2, 0) is 25.2 Å². The first kappa shape index (κ1) is 23.9. The molecule has 1 amide bonds. The van der Waals surface area contributed by atoms with Gasteiger partial charge >= 0.3 is 12.1 Å². The number of esters is 1. The molecule has 2 heterocycles. The summed E-state index contributed by atoms with van der Waals surface area (Å²) < 4.78 is 50.7. The topological polar surface area (TPSA) is 91.3 Å². The highest BCUT2D eigenvalue weighted by Crippen LogP contribution is 2.38. The molecule has 0 aliphatic carbocycles. The second kappa shape index (κ2) is 9.37. The summed E-state index contributed by atoms with van der Waals surface area (Å²) in [6.45, 7) is 4.14. The Balaban J connectivity index is 2.05. The molecule has 3 rings (SSSR count). The number of anilines is 2. The van der Waals surface area contributed by atoms with Gasteiger partial charge in [0.1, 0.15) is 5.70 Å². The Morgan fingerprint density at radius 3 is 2.50 bits per heavy atom. The van der Waals surface area contributed by atoms with Crippen LogP contribution < -0.4 is 10.2 Å². The first-order valence-corrected chi connectivity index (χ1v) is 10.2. The van der Waals surface area contributed by atoms with E-state index in [1.165, 1.54) is 11.0 Å². The fourth-order valence-corrected chi connectivity index (χ4v) is 3.95. The number of aliphatic hydroxyl groups excluding tert-OH is 1. The largest absolute Gasteiger partial charge is 0.466 e. The molecule has 0 aromatic heterocycles. The van der Waals surface area contributed by atoms with Gasteiger partial charge in [-0.1, -0.05) is 0 Å². The molecule has 0 radical (unpaired) electrons. The van der Waals surface area contributed by atoms with Gasteiger partial charge in [0, 0.05) is 19.6 Å². The van der Waals surface area contributed by atoms with Crippen LogP contribution in [0, 0.1) is 0 Å². The number of nitrogens with one attached hydrogen (secondary N) is 1. The van der Waals surface area contributed by atoms with Gasteiger partial charge in [0.05, 0.1) is 55.0 Å². The second-order valence-electron chi connectivity index (χ2n) is 7.81. The van der Waals surface area contributed by atoms with Crippen molar-refractivity contribution in [2.24, 2.45) is 0 Å². The van der Waals surface area contributed by atoms with E-state index in [4.69, 9.17) is 9.47 Å². The summed E-state index contributed by atoms with van der Waals surface area (Å²) in [5.41, 5.74) is -0.587. The van der Waals surface area contributed by atoms with Crippen molar-refractivity contribution in [1.82, 2.24) is 4.90 Å². The number of rotatable bonds is 6. The fraction of sp³-hybridized carbons (Fsp3) is 0.524. The Labute approximate surface area is 183 Å². The van der Waals surface area contributed by atoms with Crippen molar-refractivity contribution < 1.29 is 37.3 Å². The molecular formula is C21H26F3N3O5. The van der Waals surface area contributed by atoms with Gasteiger partial charge < -0.3 is 29.7 Å². The smallest absolute Gasteiger partial charge is 0.416 e. The predicted molar refractivity (Wildman–Crippen MR) is 110 cm³/mol. The normalized spacial score (nSPS) is 21.9. The Morgan fingerprint density at radius 2 is 1.94 bits per heavy atom. The Kier molecular flexibility index (Phi) is 6.99. The van der Waals surface area contributed by atoms with Gasteiger partial charge in [0.25, 0.3) is 5.91 Å². The number of carbonyl (C=O) groups excluding carboxylic acids is 2. The highest BCUT2D eigenvalue weighted by molar-refractivity contribution is 6.09. The third kappa shape index (κ3) is 4.99. The van der Waals surface area contributed by atoms with Gasteiger partial charge in [-0.15, -0.1) is 0 Å². The zero-order chi connectivity index (χ0) is 23.6. The molecule has 11 heteroatoms. The minimum atomic E-state index is -4.59. The van der Waals surface area contributed by atoms with Gasteiger partial charge in [0.15, 0.2) is 0 Å². The molecule has 32 heavy (non-hydrogen) atoms. The lowest BCUT2D eigenvalue weighted by molar-refractivity contribution is -0.138. The number of hydrogen-bond donors (Lipinski definition) is 2. The van der Waals surface area contributed by atoms with E-state index in [1.54, 1.807) is 0 Å². The first-order chi connectivity index (χ1) is 15.0. The highest BCUT2D eigenvalue weighted by atomic mass is 19.4. The van der Waals surface area contributed by atoms with Crippen LogP contribution in [0.2, 0.25) is 0 Å². The van der Waals surface area contributed by atoms with E-state index in [-0.39, 0.29) is 48.9 Å². The number of ether oxygens (including phenoxy) is 2. The van der Waals surface area contributed by atoms with Crippen molar-refractivity contribution >= 4 is 23.3 Å². The van der Waals surface area contributed by atoms with E-state index in [9.17, 15) is 27.9 Å². The standard InChI is InChI=1S/C21H26F3N3O5/c1-12-9-27(10-13(2)32-12)17-5-4-14(21(22,23)24)8-16(17)25-18-15(20(30)31-3)11-26(6-7-28)19(18)29/h4-5,8,12-13,25,28H,6-7,9-11H2,1-3H3. The van der Waals surface area contributed by atoms with Crippen molar-refractivity contribution in [2.75, 3.05) is 50.1 Å². The van der Waals surface area contributed by atoms with Crippen LogP contribution in [-0.4, -0.2) is 74.0 Å². The van der Waals surface area contributed by atoms with Crippen molar-refractivity contribution in [2.45, 2.75) is 32.2 Å². The summed E-state index contributed by atoms with van der Waals surface area (Å²) in [6, 6.07) is 3.25. The molecule has 0 saturated carbocycles. The third-order valence-electron chi connectivity index (χ3n) is 5.30. The van der Waals surface area contributed by atoms with Gasteiger partial charge in [-0.25, -0.2) is 4.79 Å². The lowest BCUT2D eigenvalue weighted by Gasteiger charge is -2.38. The lowest BCUT2D eigenvalue weighted by atomic mass is 10.1. The molecule has 176 valence electrons. The molecule has 1 saturated heterocycles. The van der Waals surface area contributed by atoms with Crippen molar-refractivity contribution in [1.29, 1.82) is 0 Å². The molecule has 0 spiro atoms. The lowest BCUT2D eigenvalue weighted by Crippen LogP contribution is -2.45.